The lowest BCUT2D eigenvalue weighted by Crippen LogP contribution is -2.16. The molecule has 0 atom stereocenters. The summed E-state index contributed by atoms with van der Waals surface area (Å²) in [5, 5.41) is 0. The van der Waals surface area contributed by atoms with Gasteiger partial charge in [-0.2, -0.15) is 13.2 Å². The Morgan fingerprint density at radius 2 is 1.46 bits per heavy atom. The second kappa shape index (κ2) is 13.6. The number of hydrogen-bond donors (Lipinski definition) is 0. The number of halogens is 3. The number of carbonyl (C=O) groups is 1. The minimum Gasteiger partial charge on any atom is -0.468 e. The summed E-state index contributed by atoms with van der Waals surface area (Å²) in [6, 6.07) is 26.0. The van der Waals surface area contributed by atoms with E-state index in [0.29, 0.717) is 18.7 Å². The Morgan fingerprint density at radius 3 is 2.12 bits per heavy atom. The molecule has 0 aliphatic rings. The van der Waals surface area contributed by atoms with Crippen molar-refractivity contribution in [1.82, 2.24) is 4.31 Å². The minimum atomic E-state index is -4.39. The fraction of sp³-hybridized carbons (Fsp3) is 0.242. The normalized spacial score (nSPS) is 11.6. The molecule has 41 heavy (non-hydrogen) atoms. The molecule has 0 amide bonds. The number of carbonyl (C=O) groups excluding carboxylic acids is 1. The number of thioether (sulfide) groups is 1. The second-order valence-electron chi connectivity index (χ2n) is 9.90. The van der Waals surface area contributed by atoms with E-state index in [1.54, 1.807) is 18.0 Å². The van der Waals surface area contributed by atoms with Gasteiger partial charge in [-0.3, -0.25) is 4.79 Å². The van der Waals surface area contributed by atoms with Crippen LogP contribution in [0.3, 0.4) is 0 Å². The van der Waals surface area contributed by atoms with Crippen LogP contribution in [0.15, 0.2) is 94.7 Å². The molecular weight excluding hydrogens is 563 g/mol. The highest BCUT2D eigenvalue weighted by molar-refractivity contribution is 8.00. The van der Waals surface area contributed by atoms with Gasteiger partial charge in [-0.05, 0) is 84.3 Å². The van der Waals surface area contributed by atoms with Crippen molar-refractivity contribution in [2.75, 3.05) is 12.9 Å². The number of benzene rings is 4. The van der Waals surface area contributed by atoms with Crippen LogP contribution in [0.5, 0.6) is 0 Å². The first-order valence-electron chi connectivity index (χ1n) is 13.1. The summed E-state index contributed by atoms with van der Waals surface area (Å²) in [5.41, 5.74) is 6.54. The van der Waals surface area contributed by atoms with Crippen LogP contribution in [0, 0.1) is 20.8 Å². The Balaban J connectivity index is 1.56. The summed E-state index contributed by atoms with van der Waals surface area (Å²) in [4.78, 5) is 13.6. The van der Waals surface area contributed by atoms with E-state index in [4.69, 9.17) is 4.74 Å². The molecule has 0 unspecified atom stereocenters. The maximum atomic E-state index is 13.4. The molecule has 0 N–H and O–H groups in total. The molecule has 0 aromatic heterocycles. The Bertz CT molecular complexity index is 1480. The molecule has 0 fully saturated rings. The first-order valence-corrected chi connectivity index (χ1v) is 14.8. The number of esters is 1. The van der Waals surface area contributed by atoms with Crippen LogP contribution in [0.1, 0.15) is 33.4 Å². The molecule has 8 heteroatoms. The van der Waals surface area contributed by atoms with Crippen molar-refractivity contribution >= 4 is 29.7 Å². The fourth-order valence-corrected chi connectivity index (χ4v) is 6.46. The second-order valence-corrected chi connectivity index (χ2v) is 12.1. The Morgan fingerprint density at radius 1 is 0.805 bits per heavy atom. The number of ether oxygens (including phenoxy) is 1. The van der Waals surface area contributed by atoms with Crippen molar-refractivity contribution in [2.24, 2.45) is 0 Å². The van der Waals surface area contributed by atoms with Gasteiger partial charge in [0, 0.05) is 22.9 Å². The minimum absolute atomic E-state index is 0.248. The Hall–Kier alpha value is -3.20. The van der Waals surface area contributed by atoms with E-state index in [2.05, 4.69) is 61.5 Å². The number of aryl methyl sites for hydroxylation is 3. The zero-order valence-corrected chi connectivity index (χ0v) is 25.1. The number of hydrogen-bond acceptors (Lipinski definition) is 5. The van der Waals surface area contributed by atoms with E-state index in [1.807, 2.05) is 24.3 Å². The zero-order valence-electron chi connectivity index (χ0n) is 23.4. The Kier molecular flexibility index (Phi) is 10.2. The van der Waals surface area contributed by atoms with E-state index in [1.165, 1.54) is 36.6 Å². The fourth-order valence-electron chi connectivity index (χ4n) is 4.58. The highest BCUT2D eigenvalue weighted by atomic mass is 32.2. The molecule has 0 spiro atoms. The highest BCUT2D eigenvalue weighted by Crippen LogP contribution is 2.35. The van der Waals surface area contributed by atoms with Crippen molar-refractivity contribution < 1.29 is 22.7 Å². The summed E-state index contributed by atoms with van der Waals surface area (Å²) in [6.07, 6.45) is -4.39. The third-order valence-electron chi connectivity index (χ3n) is 6.50. The molecule has 214 valence electrons. The van der Waals surface area contributed by atoms with Gasteiger partial charge in [0.25, 0.3) is 0 Å². The smallest absolute Gasteiger partial charge is 0.416 e. The van der Waals surface area contributed by atoms with Crippen LogP contribution in [0.2, 0.25) is 0 Å². The largest absolute Gasteiger partial charge is 0.468 e. The summed E-state index contributed by atoms with van der Waals surface area (Å²) < 4.78 is 47.0. The van der Waals surface area contributed by atoms with E-state index in [9.17, 15) is 18.0 Å². The van der Waals surface area contributed by atoms with Gasteiger partial charge < -0.3 is 4.74 Å². The number of methoxy groups -OCH3 is 1. The van der Waals surface area contributed by atoms with Crippen molar-refractivity contribution in [3.63, 3.8) is 0 Å². The monoisotopic (exact) mass is 595 g/mol. The SMILES string of the molecule is COC(=O)CSc1cccc(-c2ccc(CN(Cc3cccc(C(F)(F)F)c3)Sc3c(C)cc(C)cc3C)cc2)c1. The van der Waals surface area contributed by atoms with Gasteiger partial charge in [-0.1, -0.05) is 72.3 Å². The van der Waals surface area contributed by atoms with Crippen LogP contribution in [0.25, 0.3) is 11.1 Å². The lowest BCUT2D eigenvalue weighted by atomic mass is 10.0. The topological polar surface area (TPSA) is 29.5 Å². The maximum Gasteiger partial charge on any atom is 0.416 e. The number of rotatable bonds is 10. The molecular formula is C33H32F3NO2S2. The predicted octanol–water partition coefficient (Wildman–Crippen LogP) is 9.27. The molecule has 4 rings (SSSR count). The van der Waals surface area contributed by atoms with Gasteiger partial charge in [0.1, 0.15) is 0 Å². The standard InChI is InChI=1S/C33H32F3NO2S2/c1-22-15-23(2)32(24(3)16-22)41-37(20-26-7-5-9-29(17-26)33(34,35)36)19-25-11-13-27(14-12-25)28-8-6-10-30(18-28)40-21-31(38)39-4/h5-18H,19-21H2,1-4H3. The van der Waals surface area contributed by atoms with Crippen LogP contribution in [-0.4, -0.2) is 23.1 Å². The van der Waals surface area contributed by atoms with E-state index in [0.717, 1.165) is 43.7 Å². The molecule has 0 saturated carbocycles. The van der Waals surface area contributed by atoms with Gasteiger partial charge in [0.05, 0.1) is 18.4 Å². The first kappa shape index (κ1) is 30.8. The molecule has 0 radical (unpaired) electrons. The van der Waals surface area contributed by atoms with Gasteiger partial charge in [0.15, 0.2) is 0 Å². The van der Waals surface area contributed by atoms with Gasteiger partial charge in [-0.25, -0.2) is 4.31 Å². The molecule has 4 aromatic carbocycles. The number of nitrogens with zero attached hydrogens (tertiary/aromatic N) is 1. The van der Waals surface area contributed by atoms with Gasteiger partial charge in [0.2, 0.25) is 0 Å². The molecule has 0 aliphatic carbocycles. The summed E-state index contributed by atoms with van der Waals surface area (Å²) >= 11 is 3.00. The van der Waals surface area contributed by atoms with E-state index < -0.39 is 11.7 Å². The molecule has 0 bridgehead atoms. The van der Waals surface area contributed by atoms with Crippen molar-refractivity contribution in [2.45, 2.75) is 49.8 Å². The number of alkyl halides is 3. The van der Waals surface area contributed by atoms with Crippen molar-refractivity contribution in [1.29, 1.82) is 0 Å². The lowest BCUT2D eigenvalue weighted by molar-refractivity contribution is -0.138. The van der Waals surface area contributed by atoms with Crippen LogP contribution in [-0.2, 0) is 28.8 Å². The average Bonchev–Trinajstić information content (AvgIpc) is 2.94. The first-order chi connectivity index (χ1) is 19.5. The van der Waals surface area contributed by atoms with Crippen molar-refractivity contribution in [3.05, 3.63) is 118 Å². The van der Waals surface area contributed by atoms with Crippen LogP contribution in [0.4, 0.5) is 13.2 Å². The van der Waals surface area contributed by atoms with Crippen LogP contribution >= 0.6 is 23.7 Å². The molecule has 0 heterocycles. The quantitative estimate of drug-likeness (QED) is 0.104. The van der Waals surface area contributed by atoms with E-state index in [-0.39, 0.29) is 11.7 Å². The zero-order chi connectivity index (χ0) is 29.6. The van der Waals surface area contributed by atoms with E-state index >= 15 is 0 Å². The lowest BCUT2D eigenvalue weighted by Gasteiger charge is -2.24. The Labute approximate surface area is 248 Å². The van der Waals surface area contributed by atoms with Gasteiger partial charge >= 0.3 is 12.1 Å². The summed E-state index contributed by atoms with van der Waals surface area (Å²) in [7, 11) is 1.38. The van der Waals surface area contributed by atoms with Crippen molar-refractivity contribution in [3.8, 4) is 11.1 Å². The predicted molar refractivity (Wildman–Crippen MR) is 162 cm³/mol. The molecule has 4 aromatic rings. The average molecular weight is 596 g/mol. The third-order valence-corrected chi connectivity index (χ3v) is 8.81. The highest BCUT2D eigenvalue weighted by Gasteiger charge is 2.30. The third kappa shape index (κ3) is 8.64. The molecule has 0 aliphatic heterocycles. The molecule has 3 nitrogen and oxygen atoms in total. The van der Waals surface area contributed by atoms with Crippen LogP contribution < -0.4 is 0 Å². The summed E-state index contributed by atoms with van der Waals surface area (Å²) in [5.74, 6) is -0.0218. The maximum absolute atomic E-state index is 13.4. The van der Waals surface area contributed by atoms with Gasteiger partial charge in [-0.15, -0.1) is 11.8 Å². The molecule has 0 saturated heterocycles. The summed E-state index contributed by atoms with van der Waals surface area (Å²) in [6.45, 7) is 7.09.